The van der Waals surface area contributed by atoms with Crippen molar-refractivity contribution in [3.05, 3.63) is 35.4 Å². The van der Waals surface area contributed by atoms with Crippen LogP contribution in [0.4, 0.5) is 0 Å². The van der Waals surface area contributed by atoms with Gasteiger partial charge in [0.1, 0.15) is 5.54 Å². The molecule has 0 aromatic heterocycles. The first kappa shape index (κ1) is 16.1. The second-order valence-electron chi connectivity index (χ2n) is 4.96. The average molecular weight is 281 g/mol. The van der Waals surface area contributed by atoms with Crippen LogP contribution in [-0.4, -0.2) is 28.9 Å². The molecular formula is C15H23NO2S. The Morgan fingerprint density at radius 2 is 2.21 bits per heavy atom. The summed E-state index contributed by atoms with van der Waals surface area (Å²) in [5, 5.41) is 12.3. The molecule has 1 aromatic rings. The van der Waals surface area contributed by atoms with Crippen molar-refractivity contribution in [1.29, 1.82) is 0 Å². The van der Waals surface area contributed by atoms with Gasteiger partial charge in [0.05, 0.1) is 0 Å². The van der Waals surface area contributed by atoms with E-state index in [4.69, 9.17) is 0 Å². The summed E-state index contributed by atoms with van der Waals surface area (Å²) >= 11 is 1.78. The molecule has 0 aliphatic carbocycles. The van der Waals surface area contributed by atoms with Crippen molar-refractivity contribution in [2.45, 2.75) is 38.5 Å². The topological polar surface area (TPSA) is 49.3 Å². The summed E-state index contributed by atoms with van der Waals surface area (Å²) < 4.78 is 0. The van der Waals surface area contributed by atoms with Crippen molar-refractivity contribution in [2.75, 3.05) is 12.3 Å². The number of hydrogen-bond acceptors (Lipinski definition) is 3. The van der Waals surface area contributed by atoms with Gasteiger partial charge in [0.2, 0.25) is 0 Å². The number of aliphatic carboxylic acids is 1. The molecule has 1 atom stereocenters. The molecule has 0 saturated heterocycles. The van der Waals surface area contributed by atoms with E-state index in [1.54, 1.807) is 18.7 Å². The molecule has 4 heteroatoms. The fourth-order valence-corrected chi connectivity index (χ4v) is 3.04. The molecule has 0 aliphatic heterocycles. The number of hydrogen-bond donors (Lipinski definition) is 2. The molecule has 0 radical (unpaired) electrons. The molecule has 19 heavy (non-hydrogen) atoms. The minimum Gasteiger partial charge on any atom is -0.480 e. The molecule has 0 saturated carbocycles. The van der Waals surface area contributed by atoms with Crippen LogP contribution >= 0.6 is 11.8 Å². The van der Waals surface area contributed by atoms with E-state index >= 15 is 0 Å². The van der Waals surface area contributed by atoms with Crippen LogP contribution in [0.5, 0.6) is 0 Å². The Bertz CT molecular complexity index is 422. The number of thioether (sulfide) groups is 1. The Balaban J connectivity index is 2.39. The van der Waals surface area contributed by atoms with Crippen molar-refractivity contribution in [3.63, 3.8) is 0 Å². The van der Waals surface area contributed by atoms with Crippen molar-refractivity contribution in [3.8, 4) is 0 Å². The highest BCUT2D eigenvalue weighted by atomic mass is 32.2. The number of likely N-dealkylation sites (N-methyl/N-ethyl adjacent to an activating group) is 1. The van der Waals surface area contributed by atoms with Crippen molar-refractivity contribution < 1.29 is 9.90 Å². The first-order valence-corrected chi connectivity index (χ1v) is 7.75. The maximum atomic E-state index is 11.2. The molecule has 1 unspecified atom stereocenters. The second kappa shape index (κ2) is 7.56. The molecule has 106 valence electrons. The van der Waals surface area contributed by atoms with E-state index in [0.29, 0.717) is 13.0 Å². The number of carbonyl (C=O) groups is 1. The van der Waals surface area contributed by atoms with Crippen molar-refractivity contribution in [2.24, 2.45) is 0 Å². The zero-order valence-corrected chi connectivity index (χ0v) is 12.7. The third-order valence-corrected chi connectivity index (χ3v) is 4.17. The molecule has 0 aliphatic rings. The molecular weight excluding hydrogens is 258 g/mol. The first-order valence-electron chi connectivity index (χ1n) is 6.59. The molecule has 0 spiro atoms. The molecule has 3 nitrogen and oxygen atoms in total. The van der Waals surface area contributed by atoms with Crippen LogP contribution in [0.2, 0.25) is 0 Å². The summed E-state index contributed by atoms with van der Waals surface area (Å²) in [6.45, 7) is 6.44. The molecule has 0 fully saturated rings. The smallest absolute Gasteiger partial charge is 0.323 e. The number of benzene rings is 1. The largest absolute Gasteiger partial charge is 0.480 e. The van der Waals surface area contributed by atoms with Crippen LogP contribution in [0.25, 0.3) is 0 Å². The molecule has 1 rings (SSSR count). The van der Waals surface area contributed by atoms with Crippen LogP contribution in [0.3, 0.4) is 0 Å². The second-order valence-corrected chi connectivity index (χ2v) is 6.06. The quantitative estimate of drug-likeness (QED) is 0.719. The molecule has 2 N–H and O–H groups in total. The third kappa shape index (κ3) is 5.25. The monoisotopic (exact) mass is 281 g/mol. The lowest BCUT2D eigenvalue weighted by Gasteiger charge is -2.25. The van der Waals surface area contributed by atoms with E-state index < -0.39 is 11.5 Å². The summed E-state index contributed by atoms with van der Waals surface area (Å²) in [4.78, 5) is 11.2. The van der Waals surface area contributed by atoms with Gasteiger partial charge in [-0.3, -0.25) is 4.79 Å². The summed E-state index contributed by atoms with van der Waals surface area (Å²) in [5.41, 5.74) is 1.75. The van der Waals surface area contributed by atoms with Crippen molar-refractivity contribution >= 4 is 17.7 Å². The molecule has 0 bridgehead atoms. The Kier molecular flexibility index (Phi) is 6.38. The summed E-state index contributed by atoms with van der Waals surface area (Å²) in [5.74, 6) is 0.998. The van der Waals surface area contributed by atoms with E-state index in [-0.39, 0.29) is 0 Å². The van der Waals surface area contributed by atoms with Crippen molar-refractivity contribution in [1.82, 2.24) is 5.32 Å². The lowest BCUT2D eigenvalue weighted by atomic mass is 9.99. The lowest BCUT2D eigenvalue weighted by Crippen LogP contribution is -2.49. The van der Waals surface area contributed by atoms with E-state index in [1.807, 2.05) is 6.92 Å². The molecule has 0 heterocycles. The average Bonchev–Trinajstić information content (AvgIpc) is 2.35. The van der Waals surface area contributed by atoms with E-state index in [2.05, 4.69) is 36.5 Å². The summed E-state index contributed by atoms with van der Waals surface area (Å²) in [6.07, 6.45) is 0.632. The minimum absolute atomic E-state index is 0.632. The van der Waals surface area contributed by atoms with Crippen LogP contribution in [0.1, 0.15) is 31.4 Å². The van der Waals surface area contributed by atoms with E-state index in [1.165, 1.54) is 11.1 Å². The van der Waals surface area contributed by atoms with Gasteiger partial charge in [-0.2, -0.15) is 11.8 Å². The Hall–Kier alpha value is -1.00. The number of carboxylic acids is 1. The van der Waals surface area contributed by atoms with Gasteiger partial charge in [0, 0.05) is 5.75 Å². The standard InChI is InChI=1S/C15H23NO2S/c1-4-16-15(3,14(17)18)8-9-19-11-13-7-5-6-12(2)10-13/h5-7,10,16H,4,8-9,11H2,1-3H3,(H,17,18). The lowest BCUT2D eigenvalue weighted by molar-refractivity contribution is -0.144. The van der Waals surface area contributed by atoms with Gasteiger partial charge < -0.3 is 10.4 Å². The first-order chi connectivity index (χ1) is 8.98. The molecule has 0 amide bonds. The van der Waals surface area contributed by atoms with E-state index in [9.17, 15) is 9.90 Å². The van der Waals surface area contributed by atoms with Crippen LogP contribution in [0, 0.1) is 6.92 Å². The Labute approximate surface area is 119 Å². The highest BCUT2D eigenvalue weighted by Gasteiger charge is 2.31. The normalized spacial score (nSPS) is 14.1. The fourth-order valence-electron chi connectivity index (χ4n) is 1.93. The van der Waals surface area contributed by atoms with Gasteiger partial charge in [0.25, 0.3) is 0 Å². The predicted octanol–water partition coefficient (Wildman–Crippen LogP) is 3.07. The summed E-state index contributed by atoms with van der Waals surface area (Å²) in [7, 11) is 0. The number of aryl methyl sites for hydroxylation is 1. The maximum Gasteiger partial charge on any atom is 0.323 e. The summed E-state index contributed by atoms with van der Waals surface area (Å²) in [6, 6.07) is 8.43. The highest BCUT2D eigenvalue weighted by molar-refractivity contribution is 7.98. The van der Waals surface area contributed by atoms with Gasteiger partial charge in [-0.05, 0) is 38.1 Å². The Morgan fingerprint density at radius 3 is 2.79 bits per heavy atom. The molecule has 1 aromatic carbocycles. The van der Waals surface area contributed by atoms with Gasteiger partial charge >= 0.3 is 5.97 Å². The SMILES string of the molecule is CCNC(C)(CCSCc1cccc(C)c1)C(=O)O. The van der Waals surface area contributed by atoms with Crippen LogP contribution in [-0.2, 0) is 10.5 Å². The fraction of sp³-hybridized carbons (Fsp3) is 0.533. The van der Waals surface area contributed by atoms with Gasteiger partial charge in [0.15, 0.2) is 0 Å². The van der Waals surface area contributed by atoms with Gasteiger partial charge in [-0.1, -0.05) is 36.8 Å². The highest BCUT2D eigenvalue weighted by Crippen LogP contribution is 2.19. The van der Waals surface area contributed by atoms with Crippen LogP contribution < -0.4 is 5.32 Å². The number of nitrogens with one attached hydrogen (secondary N) is 1. The number of rotatable bonds is 8. The third-order valence-electron chi connectivity index (χ3n) is 3.14. The zero-order valence-electron chi connectivity index (χ0n) is 11.9. The minimum atomic E-state index is -0.811. The predicted molar refractivity (Wildman–Crippen MR) is 81.7 cm³/mol. The van der Waals surface area contributed by atoms with Gasteiger partial charge in [-0.15, -0.1) is 0 Å². The zero-order chi connectivity index (χ0) is 14.3. The van der Waals surface area contributed by atoms with Gasteiger partial charge in [-0.25, -0.2) is 0 Å². The maximum absolute atomic E-state index is 11.2. The number of carboxylic acid groups (broad SMARTS) is 1. The van der Waals surface area contributed by atoms with Crippen LogP contribution in [0.15, 0.2) is 24.3 Å². The Morgan fingerprint density at radius 1 is 1.47 bits per heavy atom. The van der Waals surface area contributed by atoms with E-state index in [0.717, 1.165) is 11.5 Å².